The smallest absolute Gasteiger partial charge is 0.268 e. The number of halogens is 1. The minimum atomic E-state index is -4.17. The fourth-order valence-electron chi connectivity index (χ4n) is 3.15. The van der Waals surface area contributed by atoms with E-state index < -0.39 is 22.5 Å². The van der Waals surface area contributed by atoms with E-state index in [1.807, 2.05) is 0 Å². The van der Waals surface area contributed by atoms with Gasteiger partial charge < -0.3 is 10.1 Å². The topological polar surface area (TPSA) is 99.5 Å². The summed E-state index contributed by atoms with van der Waals surface area (Å²) in [6.07, 6.45) is 0.259. The summed E-state index contributed by atoms with van der Waals surface area (Å²) in [5.41, 5.74) is 2.31. The van der Waals surface area contributed by atoms with Gasteiger partial charge in [0.05, 0.1) is 25.3 Å². The first kappa shape index (κ1) is 24.1. The molecule has 0 spiro atoms. The molecule has 0 unspecified atom stereocenters. The summed E-state index contributed by atoms with van der Waals surface area (Å²) < 4.78 is 33.6. The Balaban J connectivity index is 1.95. The van der Waals surface area contributed by atoms with E-state index in [-0.39, 0.29) is 22.8 Å². The van der Waals surface area contributed by atoms with Gasteiger partial charge in [-0.3, -0.25) is 9.10 Å². The third kappa shape index (κ3) is 5.83. The highest BCUT2D eigenvalue weighted by Gasteiger charge is 2.30. The molecule has 170 valence electrons. The number of benzene rings is 3. The minimum Gasteiger partial charge on any atom is -0.495 e. The molecule has 0 aliphatic rings. The van der Waals surface area contributed by atoms with Crippen LogP contribution in [0.4, 0.5) is 11.4 Å². The average Bonchev–Trinajstić information content (AvgIpc) is 2.79. The van der Waals surface area contributed by atoms with Crippen LogP contribution in [-0.2, 0) is 21.2 Å². The minimum absolute atomic E-state index is 0.0476. The molecule has 3 aromatic carbocycles. The van der Waals surface area contributed by atoms with Gasteiger partial charge in [0.25, 0.3) is 10.0 Å². The zero-order valence-electron chi connectivity index (χ0n) is 18.1. The number of ether oxygens (including phenoxy) is 1. The van der Waals surface area contributed by atoms with E-state index in [1.165, 1.54) is 25.3 Å². The van der Waals surface area contributed by atoms with Crippen LogP contribution in [0.25, 0.3) is 0 Å². The largest absolute Gasteiger partial charge is 0.495 e. The van der Waals surface area contributed by atoms with Crippen molar-refractivity contribution in [2.75, 3.05) is 23.3 Å². The van der Waals surface area contributed by atoms with Gasteiger partial charge in [-0.2, -0.15) is 5.26 Å². The van der Waals surface area contributed by atoms with Crippen LogP contribution in [0, 0.1) is 18.3 Å². The van der Waals surface area contributed by atoms with Gasteiger partial charge in [0, 0.05) is 10.7 Å². The van der Waals surface area contributed by atoms with Crippen LogP contribution in [0.5, 0.6) is 5.75 Å². The number of nitriles is 1. The van der Waals surface area contributed by atoms with Crippen molar-refractivity contribution in [3.05, 3.63) is 82.9 Å². The fourth-order valence-corrected chi connectivity index (χ4v) is 4.95. The van der Waals surface area contributed by atoms with Crippen molar-refractivity contribution >= 4 is 38.9 Å². The van der Waals surface area contributed by atoms with Crippen molar-refractivity contribution in [1.29, 1.82) is 5.26 Å². The molecule has 0 saturated heterocycles. The Morgan fingerprint density at radius 2 is 1.76 bits per heavy atom. The predicted octanol–water partition coefficient (Wildman–Crippen LogP) is 4.56. The molecule has 3 aromatic rings. The summed E-state index contributed by atoms with van der Waals surface area (Å²) in [6, 6.07) is 19.8. The third-order valence-corrected chi connectivity index (χ3v) is 6.86. The summed E-state index contributed by atoms with van der Waals surface area (Å²) in [5, 5.41) is 11.9. The van der Waals surface area contributed by atoms with Gasteiger partial charge in [-0.25, -0.2) is 8.42 Å². The van der Waals surface area contributed by atoms with Crippen LogP contribution >= 0.6 is 11.6 Å². The lowest BCUT2D eigenvalue weighted by Crippen LogP contribution is -2.38. The molecule has 3 rings (SSSR count). The van der Waals surface area contributed by atoms with Crippen molar-refractivity contribution in [3.8, 4) is 11.8 Å². The van der Waals surface area contributed by atoms with Crippen molar-refractivity contribution in [2.45, 2.75) is 18.2 Å². The highest BCUT2D eigenvalue weighted by molar-refractivity contribution is 7.93. The number of rotatable bonds is 8. The number of hydrogen-bond acceptors (Lipinski definition) is 5. The first-order valence-corrected chi connectivity index (χ1v) is 11.7. The number of sulfonamides is 1. The number of anilines is 2. The van der Waals surface area contributed by atoms with Crippen molar-refractivity contribution in [1.82, 2.24) is 0 Å². The Labute approximate surface area is 198 Å². The Hall–Kier alpha value is -3.54. The van der Waals surface area contributed by atoms with E-state index in [0.29, 0.717) is 10.7 Å². The van der Waals surface area contributed by atoms with Crippen molar-refractivity contribution < 1.29 is 17.9 Å². The Morgan fingerprint density at radius 1 is 1.09 bits per heavy atom. The number of nitrogens with zero attached hydrogens (tertiary/aromatic N) is 2. The molecule has 1 amide bonds. The van der Waals surface area contributed by atoms with E-state index in [2.05, 4.69) is 11.4 Å². The van der Waals surface area contributed by atoms with E-state index in [9.17, 15) is 13.2 Å². The number of amides is 1. The summed E-state index contributed by atoms with van der Waals surface area (Å²) in [6.45, 7) is 1.30. The van der Waals surface area contributed by atoms with Gasteiger partial charge in [-0.15, -0.1) is 0 Å². The molecule has 0 aromatic heterocycles. The first-order valence-electron chi connectivity index (χ1n) is 9.93. The number of hydrogen-bond donors (Lipinski definition) is 1. The van der Waals surface area contributed by atoms with Gasteiger partial charge in [-0.1, -0.05) is 29.8 Å². The zero-order valence-corrected chi connectivity index (χ0v) is 19.7. The first-order chi connectivity index (χ1) is 15.7. The van der Waals surface area contributed by atoms with Gasteiger partial charge in [-0.05, 0) is 66.6 Å². The van der Waals surface area contributed by atoms with Crippen molar-refractivity contribution in [3.63, 3.8) is 0 Å². The number of carbonyl (C=O) groups excluding carboxylic acids is 1. The average molecular weight is 484 g/mol. The van der Waals surface area contributed by atoms with Gasteiger partial charge in [0.2, 0.25) is 5.91 Å². The highest BCUT2D eigenvalue weighted by atomic mass is 35.5. The fraction of sp³-hybridized carbons (Fsp3) is 0.167. The predicted molar refractivity (Wildman–Crippen MR) is 128 cm³/mol. The normalized spacial score (nSPS) is 10.8. The molecule has 0 atom stereocenters. The van der Waals surface area contributed by atoms with E-state index in [4.69, 9.17) is 21.6 Å². The molecule has 0 aliphatic heterocycles. The molecule has 0 bridgehead atoms. The molecule has 0 fully saturated rings. The second kappa shape index (κ2) is 10.4. The van der Waals surface area contributed by atoms with Crippen LogP contribution in [0.2, 0.25) is 5.02 Å². The summed E-state index contributed by atoms with van der Waals surface area (Å²) in [4.78, 5) is 12.8. The maximum absolute atomic E-state index is 13.7. The second-order valence-corrected chi connectivity index (χ2v) is 9.49. The molecule has 9 heteroatoms. The molecule has 0 aliphatic carbocycles. The lowest BCUT2D eigenvalue weighted by Gasteiger charge is -2.25. The zero-order chi connectivity index (χ0) is 24.0. The van der Waals surface area contributed by atoms with Crippen LogP contribution < -0.4 is 14.4 Å². The number of aryl methyl sites for hydroxylation is 1. The summed E-state index contributed by atoms with van der Waals surface area (Å²) >= 11 is 5.98. The van der Waals surface area contributed by atoms with Crippen LogP contribution in [-0.4, -0.2) is 28.0 Å². The van der Waals surface area contributed by atoms with Crippen LogP contribution in [0.3, 0.4) is 0 Å². The molecular formula is C24H22ClN3O4S. The molecular weight excluding hydrogens is 462 g/mol. The number of nitrogens with one attached hydrogen (secondary N) is 1. The maximum Gasteiger partial charge on any atom is 0.268 e. The van der Waals surface area contributed by atoms with Crippen LogP contribution in [0.1, 0.15) is 11.1 Å². The van der Waals surface area contributed by atoms with E-state index in [0.717, 1.165) is 15.4 Å². The van der Waals surface area contributed by atoms with Crippen LogP contribution in [0.15, 0.2) is 71.6 Å². The Bertz CT molecular complexity index is 1280. The summed E-state index contributed by atoms with van der Waals surface area (Å²) in [5.74, 6) is -0.360. The number of carbonyl (C=O) groups is 1. The third-order valence-electron chi connectivity index (χ3n) is 4.81. The molecule has 0 saturated carbocycles. The standard InChI is InChI=1S/C24H22ClN3O4S/c1-17-3-12-22(32-2)23(15-17)33(30,31)28(21-10-6-19(25)7-11-21)16-24(29)27-20-8-4-18(5-9-20)13-14-26/h3-12,15H,13,16H2,1-2H3,(H,27,29). The molecule has 0 heterocycles. The maximum atomic E-state index is 13.7. The highest BCUT2D eigenvalue weighted by Crippen LogP contribution is 2.31. The molecule has 33 heavy (non-hydrogen) atoms. The molecule has 0 radical (unpaired) electrons. The van der Waals surface area contributed by atoms with E-state index in [1.54, 1.807) is 55.5 Å². The van der Waals surface area contributed by atoms with Gasteiger partial charge >= 0.3 is 0 Å². The van der Waals surface area contributed by atoms with Gasteiger partial charge in [0.1, 0.15) is 17.2 Å². The Kier molecular flexibility index (Phi) is 7.59. The van der Waals surface area contributed by atoms with E-state index >= 15 is 0 Å². The lowest BCUT2D eigenvalue weighted by atomic mass is 10.1. The second-order valence-electron chi connectivity index (χ2n) is 7.22. The monoisotopic (exact) mass is 483 g/mol. The number of methoxy groups -OCH3 is 1. The SMILES string of the molecule is COc1ccc(C)cc1S(=O)(=O)N(CC(=O)Nc1ccc(CC#N)cc1)c1ccc(Cl)cc1. The lowest BCUT2D eigenvalue weighted by molar-refractivity contribution is -0.114. The molecule has 7 nitrogen and oxygen atoms in total. The molecule has 1 N–H and O–H groups in total. The van der Waals surface area contributed by atoms with Crippen molar-refractivity contribution in [2.24, 2.45) is 0 Å². The van der Waals surface area contributed by atoms with Gasteiger partial charge in [0.15, 0.2) is 0 Å². The quantitative estimate of drug-likeness (QED) is 0.506. The summed E-state index contributed by atoms with van der Waals surface area (Å²) in [7, 11) is -2.78. The Morgan fingerprint density at radius 3 is 2.36 bits per heavy atom.